The Bertz CT molecular complexity index is 619. The minimum Gasteiger partial charge on any atom is -0.342 e. The van der Waals surface area contributed by atoms with Crippen molar-refractivity contribution >= 4 is 23.5 Å². The summed E-state index contributed by atoms with van der Waals surface area (Å²) in [4.78, 5) is 29.3. The van der Waals surface area contributed by atoms with E-state index in [1.54, 1.807) is 34.7 Å². The van der Waals surface area contributed by atoms with Gasteiger partial charge < -0.3 is 14.7 Å². The molecule has 7 heteroatoms. The third kappa shape index (κ3) is 2.31. The Morgan fingerprint density at radius 1 is 1.32 bits per heavy atom. The van der Waals surface area contributed by atoms with Crippen molar-refractivity contribution < 1.29 is 14.0 Å². The molecule has 2 aliphatic rings. The lowest BCUT2D eigenvalue weighted by molar-refractivity contribution is -0.139. The van der Waals surface area contributed by atoms with E-state index in [0.29, 0.717) is 23.7 Å². The minimum atomic E-state index is -0.489. The number of hydrogen-bond acceptors (Lipinski definition) is 2. The van der Waals surface area contributed by atoms with E-state index >= 15 is 0 Å². The van der Waals surface area contributed by atoms with Gasteiger partial charge in [0.05, 0.1) is 12.6 Å². The summed E-state index contributed by atoms with van der Waals surface area (Å²) in [6.07, 6.45) is 0. The first-order chi connectivity index (χ1) is 10.4. The number of piperazine rings is 1. The Labute approximate surface area is 133 Å². The quantitative estimate of drug-likeness (QED) is 0.834. The van der Waals surface area contributed by atoms with E-state index in [9.17, 15) is 14.0 Å². The van der Waals surface area contributed by atoms with Gasteiger partial charge in [-0.15, -0.1) is 0 Å². The third-order valence-corrected chi connectivity index (χ3v) is 4.72. The van der Waals surface area contributed by atoms with Crippen molar-refractivity contribution in [1.29, 1.82) is 0 Å². The van der Waals surface area contributed by atoms with E-state index in [0.717, 1.165) is 0 Å². The maximum Gasteiger partial charge on any atom is 0.321 e. The van der Waals surface area contributed by atoms with Crippen molar-refractivity contribution in [3.05, 3.63) is 34.6 Å². The molecule has 118 valence electrons. The molecule has 5 nitrogen and oxygen atoms in total. The SMILES string of the molecule is C[C@H]1C(=O)N(C)C[C@@H]2CN(Cc3c(F)cccc3Cl)C(=O)N21. The Hall–Kier alpha value is -1.82. The van der Waals surface area contributed by atoms with Crippen LogP contribution in [0.15, 0.2) is 18.2 Å². The van der Waals surface area contributed by atoms with Crippen molar-refractivity contribution in [1.82, 2.24) is 14.7 Å². The molecule has 0 spiro atoms. The molecular formula is C15H17ClFN3O2. The molecule has 2 fully saturated rings. The smallest absolute Gasteiger partial charge is 0.321 e. The summed E-state index contributed by atoms with van der Waals surface area (Å²) in [5, 5.41) is 0.305. The number of benzene rings is 1. The maximum atomic E-state index is 13.9. The van der Waals surface area contributed by atoms with Crippen LogP contribution in [-0.2, 0) is 11.3 Å². The summed E-state index contributed by atoms with van der Waals surface area (Å²) in [6.45, 7) is 2.80. The molecule has 22 heavy (non-hydrogen) atoms. The van der Waals surface area contributed by atoms with Crippen molar-refractivity contribution in [2.45, 2.75) is 25.6 Å². The van der Waals surface area contributed by atoms with Gasteiger partial charge in [-0.1, -0.05) is 17.7 Å². The molecule has 2 heterocycles. The molecule has 2 saturated heterocycles. The minimum absolute atomic E-state index is 0.0595. The Morgan fingerprint density at radius 2 is 2.05 bits per heavy atom. The monoisotopic (exact) mass is 325 g/mol. The van der Waals surface area contributed by atoms with E-state index in [2.05, 4.69) is 0 Å². The highest BCUT2D eigenvalue weighted by Gasteiger charge is 2.46. The van der Waals surface area contributed by atoms with Gasteiger partial charge >= 0.3 is 6.03 Å². The van der Waals surface area contributed by atoms with Crippen LogP contribution in [0, 0.1) is 5.82 Å². The molecule has 2 aliphatic heterocycles. The van der Waals surface area contributed by atoms with E-state index < -0.39 is 11.9 Å². The summed E-state index contributed by atoms with van der Waals surface area (Å²) in [5.74, 6) is -0.498. The number of nitrogens with zero attached hydrogens (tertiary/aromatic N) is 3. The van der Waals surface area contributed by atoms with Gasteiger partial charge in [-0.25, -0.2) is 9.18 Å². The van der Waals surface area contributed by atoms with Gasteiger partial charge in [0.1, 0.15) is 11.9 Å². The van der Waals surface area contributed by atoms with Crippen LogP contribution in [0.4, 0.5) is 9.18 Å². The summed E-state index contributed by atoms with van der Waals surface area (Å²) in [5.41, 5.74) is 0.310. The predicted octanol–water partition coefficient (Wildman–Crippen LogP) is 1.95. The van der Waals surface area contributed by atoms with Crippen molar-refractivity contribution in [3.63, 3.8) is 0 Å². The molecule has 3 amide bonds. The fourth-order valence-electron chi connectivity index (χ4n) is 3.22. The lowest BCUT2D eigenvalue weighted by Crippen LogP contribution is -2.58. The van der Waals surface area contributed by atoms with E-state index in [1.165, 1.54) is 12.1 Å². The zero-order chi connectivity index (χ0) is 16.0. The topological polar surface area (TPSA) is 43.9 Å². The molecular weight excluding hydrogens is 309 g/mol. The van der Waals surface area contributed by atoms with Crippen LogP contribution in [0.3, 0.4) is 0 Å². The van der Waals surface area contributed by atoms with Gasteiger partial charge in [-0.2, -0.15) is 0 Å². The number of carbonyl (C=O) groups excluding carboxylic acids is 2. The van der Waals surface area contributed by atoms with Gasteiger partial charge in [0.25, 0.3) is 0 Å². The fraction of sp³-hybridized carbons (Fsp3) is 0.467. The summed E-state index contributed by atoms with van der Waals surface area (Å²) < 4.78 is 13.9. The second kappa shape index (κ2) is 5.43. The molecule has 1 aromatic rings. The Kier molecular flexibility index (Phi) is 3.72. The molecule has 0 N–H and O–H groups in total. The molecule has 0 unspecified atom stereocenters. The first-order valence-corrected chi connectivity index (χ1v) is 7.53. The van der Waals surface area contributed by atoms with Crippen LogP contribution in [0.2, 0.25) is 5.02 Å². The van der Waals surface area contributed by atoms with Gasteiger partial charge in [-0.05, 0) is 19.1 Å². The van der Waals surface area contributed by atoms with Crippen LogP contribution in [0.1, 0.15) is 12.5 Å². The second-order valence-electron chi connectivity index (χ2n) is 5.82. The molecule has 0 aliphatic carbocycles. The van der Waals surface area contributed by atoms with Gasteiger partial charge in [-0.3, -0.25) is 4.79 Å². The Morgan fingerprint density at radius 3 is 2.73 bits per heavy atom. The number of urea groups is 1. The first kappa shape index (κ1) is 15.1. The summed E-state index contributed by atoms with van der Waals surface area (Å²) in [7, 11) is 1.73. The summed E-state index contributed by atoms with van der Waals surface area (Å²) in [6, 6.07) is 3.68. The van der Waals surface area contributed by atoms with Crippen molar-refractivity contribution in [2.24, 2.45) is 0 Å². The van der Waals surface area contributed by atoms with Gasteiger partial charge in [0.15, 0.2) is 0 Å². The number of carbonyl (C=O) groups is 2. The number of hydrogen-bond donors (Lipinski definition) is 0. The molecule has 0 saturated carbocycles. The number of fused-ring (bicyclic) bond motifs is 1. The number of amides is 3. The zero-order valence-corrected chi connectivity index (χ0v) is 13.2. The average molecular weight is 326 g/mol. The van der Waals surface area contributed by atoms with Crippen LogP contribution in [0.25, 0.3) is 0 Å². The van der Waals surface area contributed by atoms with E-state index in [-0.39, 0.29) is 24.5 Å². The van der Waals surface area contributed by atoms with Crippen LogP contribution >= 0.6 is 11.6 Å². The van der Waals surface area contributed by atoms with Gasteiger partial charge in [0.2, 0.25) is 5.91 Å². The molecule has 0 aromatic heterocycles. The number of halogens is 2. The lowest BCUT2D eigenvalue weighted by atomic mass is 10.1. The second-order valence-corrected chi connectivity index (χ2v) is 6.23. The highest BCUT2D eigenvalue weighted by atomic mass is 35.5. The normalized spacial score (nSPS) is 25.0. The highest BCUT2D eigenvalue weighted by Crippen LogP contribution is 2.28. The maximum absolute atomic E-state index is 13.9. The zero-order valence-electron chi connectivity index (χ0n) is 12.4. The average Bonchev–Trinajstić information content (AvgIpc) is 2.77. The lowest BCUT2D eigenvalue weighted by Gasteiger charge is -2.38. The largest absolute Gasteiger partial charge is 0.342 e. The number of rotatable bonds is 2. The molecule has 1 aromatic carbocycles. The van der Waals surface area contributed by atoms with E-state index in [4.69, 9.17) is 11.6 Å². The van der Waals surface area contributed by atoms with E-state index in [1.807, 2.05) is 0 Å². The van der Waals surface area contributed by atoms with Crippen LogP contribution in [-0.4, -0.2) is 58.9 Å². The predicted molar refractivity (Wildman–Crippen MR) is 79.9 cm³/mol. The fourth-order valence-corrected chi connectivity index (χ4v) is 3.44. The van der Waals surface area contributed by atoms with Crippen molar-refractivity contribution in [3.8, 4) is 0 Å². The number of likely N-dealkylation sites (N-methyl/N-ethyl adjacent to an activating group) is 1. The molecule has 0 bridgehead atoms. The van der Waals surface area contributed by atoms with Crippen LogP contribution in [0.5, 0.6) is 0 Å². The molecule has 0 radical (unpaired) electrons. The first-order valence-electron chi connectivity index (χ1n) is 7.15. The molecule has 3 rings (SSSR count). The Balaban J connectivity index is 1.83. The molecule has 2 atom stereocenters. The van der Waals surface area contributed by atoms with Crippen LogP contribution < -0.4 is 0 Å². The highest BCUT2D eigenvalue weighted by molar-refractivity contribution is 6.31. The third-order valence-electron chi connectivity index (χ3n) is 4.36. The van der Waals surface area contributed by atoms with Crippen molar-refractivity contribution in [2.75, 3.05) is 20.1 Å². The standard InChI is InChI=1S/C15H17ClFN3O2/c1-9-14(21)18(2)6-10-7-19(15(22)20(9)10)8-11-12(16)4-3-5-13(11)17/h3-5,9-10H,6-8H2,1-2H3/t9-,10+/m0/s1. The van der Waals surface area contributed by atoms with Gasteiger partial charge in [0, 0.05) is 30.7 Å². The summed E-state index contributed by atoms with van der Waals surface area (Å²) >= 11 is 6.03.